The maximum absolute atomic E-state index is 6.28. The highest BCUT2D eigenvalue weighted by Crippen LogP contribution is 2.48. The number of hydrogen-bond acceptors (Lipinski definition) is 3. The van der Waals surface area contributed by atoms with Gasteiger partial charge in [-0.05, 0) is 58.7 Å². The lowest BCUT2D eigenvalue weighted by Gasteiger charge is -2.13. The van der Waals surface area contributed by atoms with Crippen molar-refractivity contribution >= 4 is 54.6 Å². The molecule has 4 nitrogen and oxygen atoms in total. The van der Waals surface area contributed by atoms with Crippen LogP contribution < -0.4 is 0 Å². The molecule has 0 spiro atoms. The third kappa shape index (κ3) is 3.12. The number of benzene rings is 6. The van der Waals surface area contributed by atoms with Crippen molar-refractivity contribution in [1.82, 2.24) is 14.5 Å². The van der Waals surface area contributed by atoms with E-state index in [-0.39, 0.29) is 0 Å². The number of para-hydroxylation sites is 3. The van der Waals surface area contributed by atoms with Crippen molar-refractivity contribution in [2.24, 2.45) is 0 Å². The molecule has 1 unspecified atom stereocenters. The molecule has 1 aliphatic rings. The third-order valence-corrected chi connectivity index (χ3v) is 9.48. The van der Waals surface area contributed by atoms with E-state index in [1.807, 2.05) is 24.3 Å². The Morgan fingerprint density at radius 2 is 1.27 bits per heavy atom. The van der Waals surface area contributed by atoms with E-state index in [0.29, 0.717) is 11.9 Å². The molecular weight excluding hydrogens is 538 g/mol. The van der Waals surface area contributed by atoms with Crippen LogP contribution in [0.1, 0.15) is 24.0 Å². The minimum Gasteiger partial charge on any atom is -0.456 e. The van der Waals surface area contributed by atoms with Crippen LogP contribution in [0.4, 0.5) is 0 Å². The van der Waals surface area contributed by atoms with Gasteiger partial charge in [0.1, 0.15) is 11.2 Å². The van der Waals surface area contributed by atoms with Gasteiger partial charge in [0.15, 0.2) is 0 Å². The fourth-order valence-corrected chi connectivity index (χ4v) is 7.47. The summed E-state index contributed by atoms with van der Waals surface area (Å²) in [6.45, 7) is 2.31. The first-order valence-electron chi connectivity index (χ1n) is 15.1. The Bertz CT molecular complexity index is 2640. The highest BCUT2D eigenvalue weighted by Gasteiger charge is 2.28. The molecule has 3 aromatic heterocycles. The van der Waals surface area contributed by atoms with Crippen molar-refractivity contribution < 1.29 is 4.42 Å². The van der Waals surface area contributed by atoms with Gasteiger partial charge in [-0.15, -0.1) is 0 Å². The van der Waals surface area contributed by atoms with Crippen LogP contribution in [0.15, 0.2) is 132 Å². The molecule has 0 fully saturated rings. The topological polar surface area (TPSA) is 43.9 Å². The first-order valence-corrected chi connectivity index (χ1v) is 15.1. The SMILES string of the molecule is CC1c2ccccc2-c2cc3c4ccccc4n(-c4nc(-c5cccc6oc7ccccc7c56)c5ccccc5n4)c3cc21. The van der Waals surface area contributed by atoms with Crippen molar-refractivity contribution in [3.8, 4) is 28.3 Å². The van der Waals surface area contributed by atoms with Crippen molar-refractivity contribution in [3.63, 3.8) is 0 Å². The van der Waals surface area contributed by atoms with Crippen molar-refractivity contribution in [2.75, 3.05) is 0 Å². The molecule has 0 saturated heterocycles. The van der Waals surface area contributed by atoms with Crippen LogP contribution in [0.25, 0.3) is 83.0 Å². The van der Waals surface area contributed by atoms with E-state index in [9.17, 15) is 0 Å². The molecular formula is C40H25N3O. The Labute approximate surface area is 252 Å². The molecule has 0 N–H and O–H groups in total. The summed E-state index contributed by atoms with van der Waals surface area (Å²) in [4.78, 5) is 10.6. The molecule has 0 radical (unpaired) electrons. The van der Waals surface area contributed by atoms with Crippen molar-refractivity contribution in [2.45, 2.75) is 12.8 Å². The van der Waals surface area contributed by atoms with E-state index >= 15 is 0 Å². The zero-order chi connectivity index (χ0) is 28.9. The normalized spacial score (nSPS) is 14.2. The van der Waals surface area contributed by atoms with E-state index in [1.54, 1.807) is 0 Å². The van der Waals surface area contributed by atoms with Gasteiger partial charge in [0, 0.05) is 38.4 Å². The number of hydrogen-bond donors (Lipinski definition) is 0. The molecule has 6 aromatic carbocycles. The zero-order valence-corrected chi connectivity index (χ0v) is 24.0. The molecule has 44 heavy (non-hydrogen) atoms. The van der Waals surface area contributed by atoms with Crippen LogP contribution in [-0.4, -0.2) is 14.5 Å². The maximum atomic E-state index is 6.28. The van der Waals surface area contributed by atoms with E-state index < -0.39 is 0 Å². The van der Waals surface area contributed by atoms with E-state index in [1.165, 1.54) is 33.0 Å². The summed E-state index contributed by atoms with van der Waals surface area (Å²) in [6, 6.07) is 45.0. The predicted molar refractivity (Wildman–Crippen MR) is 180 cm³/mol. The summed E-state index contributed by atoms with van der Waals surface area (Å²) in [5.74, 6) is 0.981. The van der Waals surface area contributed by atoms with Gasteiger partial charge >= 0.3 is 0 Å². The van der Waals surface area contributed by atoms with Crippen LogP contribution in [0.3, 0.4) is 0 Å². The summed E-state index contributed by atoms with van der Waals surface area (Å²) in [5, 5.41) is 5.58. The van der Waals surface area contributed by atoms with Crippen molar-refractivity contribution in [1.29, 1.82) is 0 Å². The number of aromatic nitrogens is 3. The molecule has 10 rings (SSSR count). The van der Waals surface area contributed by atoms with Crippen LogP contribution in [-0.2, 0) is 0 Å². The second kappa shape index (κ2) is 8.65. The van der Waals surface area contributed by atoms with Gasteiger partial charge in [-0.1, -0.05) is 97.9 Å². The van der Waals surface area contributed by atoms with Gasteiger partial charge in [-0.2, -0.15) is 0 Å². The fourth-order valence-electron chi connectivity index (χ4n) is 7.47. The highest BCUT2D eigenvalue weighted by molar-refractivity contribution is 6.15. The van der Waals surface area contributed by atoms with Gasteiger partial charge in [-0.3, -0.25) is 4.57 Å². The minimum absolute atomic E-state index is 0.317. The van der Waals surface area contributed by atoms with Crippen LogP contribution in [0.2, 0.25) is 0 Å². The second-order valence-electron chi connectivity index (χ2n) is 11.8. The fraction of sp³-hybridized carbons (Fsp3) is 0.0500. The number of furan rings is 1. The zero-order valence-electron chi connectivity index (χ0n) is 24.0. The Morgan fingerprint density at radius 1 is 0.545 bits per heavy atom. The second-order valence-corrected chi connectivity index (χ2v) is 11.8. The monoisotopic (exact) mass is 563 g/mol. The summed E-state index contributed by atoms with van der Waals surface area (Å²) in [7, 11) is 0. The van der Waals surface area contributed by atoms with Crippen LogP contribution in [0, 0.1) is 0 Å². The molecule has 3 heterocycles. The first kappa shape index (κ1) is 23.8. The molecule has 0 amide bonds. The average molecular weight is 564 g/mol. The standard InChI is InChI=1S/C40H25N3O/c1-23-24-11-2-3-12-25(24)31-21-32-26-13-5-8-18-34(26)43(35(32)22-30(23)31)40-41-33-17-7-4-14-27(33)39(42-40)29-16-10-20-37-38(29)28-15-6-9-19-36(28)44-37/h2-23H,1H3. The van der Waals surface area contributed by atoms with Gasteiger partial charge < -0.3 is 4.42 Å². The molecule has 4 heteroatoms. The number of rotatable bonds is 2. The highest BCUT2D eigenvalue weighted by atomic mass is 16.3. The molecule has 206 valence electrons. The largest absolute Gasteiger partial charge is 0.456 e. The number of fused-ring (bicyclic) bond motifs is 10. The molecule has 0 aliphatic heterocycles. The van der Waals surface area contributed by atoms with E-state index in [0.717, 1.165) is 55.1 Å². The maximum Gasteiger partial charge on any atom is 0.235 e. The number of nitrogens with zero attached hydrogens (tertiary/aromatic N) is 3. The quantitative estimate of drug-likeness (QED) is 0.210. The summed E-state index contributed by atoms with van der Waals surface area (Å²) < 4.78 is 8.53. The molecule has 9 aromatic rings. The summed E-state index contributed by atoms with van der Waals surface area (Å²) in [6.07, 6.45) is 0. The Balaban J connectivity index is 1.31. The molecule has 1 atom stereocenters. The molecule has 0 bridgehead atoms. The van der Waals surface area contributed by atoms with Crippen molar-refractivity contribution in [3.05, 3.63) is 139 Å². The third-order valence-electron chi connectivity index (χ3n) is 9.48. The molecule has 1 aliphatic carbocycles. The van der Waals surface area contributed by atoms with Gasteiger partial charge in [0.05, 0.1) is 22.2 Å². The Hall–Kier alpha value is -5.74. The van der Waals surface area contributed by atoms with E-state index in [4.69, 9.17) is 14.4 Å². The van der Waals surface area contributed by atoms with E-state index in [2.05, 4.69) is 115 Å². The predicted octanol–water partition coefficient (Wildman–Crippen LogP) is 10.4. The first-order chi connectivity index (χ1) is 21.7. The van der Waals surface area contributed by atoms with Gasteiger partial charge in [0.25, 0.3) is 0 Å². The van der Waals surface area contributed by atoms with Crippen LogP contribution >= 0.6 is 0 Å². The lowest BCUT2D eigenvalue weighted by atomic mass is 9.98. The molecule has 0 saturated carbocycles. The van der Waals surface area contributed by atoms with Crippen LogP contribution in [0.5, 0.6) is 0 Å². The summed E-state index contributed by atoms with van der Waals surface area (Å²) in [5.41, 5.74) is 12.2. The summed E-state index contributed by atoms with van der Waals surface area (Å²) >= 11 is 0. The minimum atomic E-state index is 0.317. The smallest absolute Gasteiger partial charge is 0.235 e. The Morgan fingerprint density at radius 3 is 2.20 bits per heavy atom. The Kier molecular flexibility index (Phi) is 4.67. The van der Waals surface area contributed by atoms with Gasteiger partial charge in [-0.25, -0.2) is 9.97 Å². The lowest BCUT2D eigenvalue weighted by molar-refractivity contribution is 0.669. The van der Waals surface area contributed by atoms with Gasteiger partial charge in [0.2, 0.25) is 5.95 Å². The average Bonchev–Trinajstić information content (AvgIpc) is 3.71. The lowest BCUT2D eigenvalue weighted by Crippen LogP contribution is -2.04.